The van der Waals surface area contributed by atoms with Crippen molar-refractivity contribution in [1.29, 1.82) is 0 Å². The summed E-state index contributed by atoms with van der Waals surface area (Å²) in [5, 5.41) is 6.03. The van der Waals surface area contributed by atoms with Gasteiger partial charge in [0.15, 0.2) is 5.96 Å². The number of halogens is 1. The highest BCUT2D eigenvalue weighted by Gasteiger charge is 2.19. The summed E-state index contributed by atoms with van der Waals surface area (Å²) in [5.74, 6) is 1.17. The van der Waals surface area contributed by atoms with Crippen LogP contribution in [0.2, 0.25) is 0 Å². The SMILES string of the molecule is CCc1cccc(NC(=O)CNC(=NC)N(C)CC2CCOC2)c1.I. The summed E-state index contributed by atoms with van der Waals surface area (Å²) < 4.78 is 5.40. The van der Waals surface area contributed by atoms with E-state index >= 15 is 0 Å². The largest absolute Gasteiger partial charge is 0.381 e. The average Bonchev–Trinajstić information content (AvgIpc) is 3.08. The Morgan fingerprint density at radius 2 is 2.24 bits per heavy atom. The number of hydrogen-bond donors (Lipinski definition) is 2. The number of anilines is 1. The number of aliphatic imine (C=N–C) groups is 1. The summed E-state index contributed by atoms with van der Waals surface area (Å²) in [5.41, 5.74) is 2.03. The standard InChI is InChI=1S/C18H28N4O2.HI/c1-4-14-6-5-7-16(10-14)21-17(23)11-20-18(19-2)22(3)12-15-8-9-24-13-15;/h5-7,10,15H,4,8-9,11-13H2,1-3H3,(H,19,20)(H,21,23);1H. The monoisotopic (exact) mass is 460 g/mol. The molecular formula is C18H29IN4O2. The molecular weight excluding hydrogens is 431 g/mol. The predicted octanol–water partition coefficient (Wildman–Crippen LogP) is 2.35. The molecule has 1 heterocycles. The van der Waals surface area contributed by atoms with E-state index in [-0.39, 0.29) is 36.4 Å². The maximum Gasteiger partial charge on any atom is 0.243 e. The van der Waals surface area contributed by atoms with E-state index in [1.807, 2.05) is 30.1 Å². The highest BCUT2D eigenvalue weighted by molar-refractivity contribution is 14.0. The van der Waals surface area contributed by atoms with E-state index in [0.29, 0.717) is 5.92 Å². The maximum atomic E-state index is 12.1. The van der Waals surface area contributed by atoms with E-state index in [1.54, 1.807) is 7.05 Å². The van der Waals surface area contributed by atoms with Crippen LogP contribution in [0.3, 0.4) is 0 Å². The zero-order chi connectivity index (χ0) is 17.4. The smallest absolute Gasteiger partial charge is 0.243 e. The van der Waals surface area contributed by atoms with Crippen molar-refractivity contribution in [3.63, 3.8) is 0 Å². The zero-order valence-corrected chi connectivity index (χ0v) is 17.6. The molecule has 1 aromatic rings. The van der Waals surface area contributed by atoms with Crippen molar-refractivity contribution in [2.75, 3.05) is 45.7 Å². The van der Waals surface area contributed by atoms with E-state index < -0.39 is 0 Å². The van der Waals surface area contributed by atoms with Crippen LogP contribution in [0.4, 0.5) is 5.69 Å². The summed E-state index contributed by atoms with van der Waals surface area (Å²) in [4.78, 5) is 18.4. The van der Waals surface area contributed by atoms with Gasteiger partial charge < -0.3 is 20.3 Å². The summed E-state index contributed by atoms with van der Waals surface area (Å²) in [6.07, 6.45) is 2.03. The maximum absolute atomic E-state index is 12.1. The third-order valence-corrected chi connectivity index (χ3v) is 4.16. The van der Waals surface area contributed by atoms with Crippen molar-refractivity contribution in [2.24, 2.45) is 10.9 Å². The van der Waals surface area contributed by atoms with Crippen molar-refractivity contribution in [3.8, 4) is 0 Å². The van der Waals surface area contributed by atoms with Gasteiger partial charge in [-0.05, 0) is 30.5 Å². The lowest BCUT2D eigenvalue weighted by Gasteiger charge is -2.24. The van der Waals surface area contributed by atoms with E-state index in [0.717, 1.165) is 44.2 Å². The third-order valence-electron chi connectivity index (χ3n) is 4.16. The molecule has 25 heavy (non-hydrogen) atoms. The first-order valence-electron chi connectivity index (χ1n) is 8.50. The molecule has 1 unspecified atom stereocenters. The molecule has 1 fully saturated rings. The molecule has 1 saturated heterocycles. The minimum absolute atomic E-state index is 0. The van der Waals surface area contributed by atoms with E-state index in [1.165, 1.54) is 5.56 Å². The Hall–Kier alpha value is -1.35. The number of nitrogens with one attached hydrogen (secondary N) is 2. The molecule has 1 amide bonds. The highest BCUT2D eigenvalue weighted by atomic mass is 127. The molecule has 2 rings (SSSR count). The number of ether oxygens (including phenoxy) is 1. The lowest BCUT2D eigenvalue weighted by Crippen LogP contribution is -2.44. The Labute approximate surface area is 167 Å². The number of guanidine groups is 1. The number of hydrogen-bond acceptors (Lipinski definition) is 3. The lowest BCUT2D eigenvalue weighted by molar-refractivity contribution is -0.115. The quantitative estimate of drug-likeness (QED) is 0.389. The zero-order valence-electron chi connectivity index (χ0n) is 15.2. The second-order valence-electron chi connectivity index (χ2n) is 6.11. The van der Waals surface area contributed by atoms with Crippen LogP contribution in [0.25, 0.3) is 0 Å². The van der Waals surface area contributed by atoms with E-state index in [4.69, 9.17) is 4.74 Å². The molecule has 1 aliphatic rings. The lowest BCUT2D eigenvalue weighted by atomic mass is 10.1. The fourth-order valence-electron chi connectivity index (χ4n) is 2.82. The summed E-state index contributed by atoms with van der Waals surface area (Å²) >= 11 is 0. The minimum Gasteiger partial charge on any atom is -0.381 e. The van der Waals surface area contributed by atoms with Crippen molar-refractivity contribution in [2.45, 2.75) is 19.8 Å². The van der Waals surface area contributed by atoms with E-state index in [2.05, 4.69) is 28.6 Å². The van der Waals surface area contributed by atoms with Gasteiger partial charge in [-0.2, -0.15) is 0 Å². The Balaban J connectivity index is 0.00000312. The molecule has 0 saturated carbocycles. The average molecular weight is 460 g/mol. The normalized spacial score (nSPS) is 16.9. The fraction of sp³-hybridized carbons (Fsp3) is 0.556. The second kappa shape index (κ2) is 11.3. The van der Waals surface area contributed by atoms with Crippen molar-refractivity contribution >= 4 is 41.5 Å². The van der Waals surface area contributed by atoms with Gasteiger partial charge in [0.25, 0.3) is 0 Å². The molecule has 0 aliphatic carbocycles. The molecule has 0 aromatic heterocycles. The Kier molecular flexibility index (Phi) is 9.81. The molecule has 2 N–H and O–H groups in total. The van der Waals surface area contributed by atoms with Crippen LogP contribution < -0.4 is 10.6 Å². The van der Waals surface area contributed by atoms with Gasteiger partial charge in [-0.1, -0.05) is 19.1 Å². The van der Waals surface area contributed by atoms with Crippen LogP contribution >= 0.6 is 24.0 Å². The second-order valence-corrected chi connectivity index (χ2v) is 6.11. The third kappa shape index (κ3) is 7.19. The van der Waals surface area contributed by atoms with Crippen LogP contribution in [-0.4, -0.2) is 57.2 Å². The molecule has 0 radical (unpaired) electrons. The summed E-state index contributed by atoms with van der Waals surface area (Å²) in [7, 11) is 3.71. The summed E-state index contributed by atoms with van der Waals surface area (Å²) in [6.45, 7) is 4.80. The van der Waals surface area contributed by atoms with Crippen LogP contribution in [-0.2, 0) is 16.0 Å². The van der Waals surface area contributed by atoms with Gasteiger partial charge in [-0.15, -0.1) is 24.0 Å². The molecule has 0 bridgehead atoms. The van der Waals surface area contributed by atoms with Crippen molar-refractivity contribution < 1.29 is 9.53 Å². The molecule has 7 heteroatoms. The van der Waals surface area contributed by atoms with Gasteiger partial charge in [0.1, 0.15) is 0 Å². The summed E-state index contributed by atoms with van der Waals surface area (Å²) in [6, 6.07) is 7.91. The molecule has 1 atom stereocenters. The Bertz CT molecular complexity index is 574. The molecule has 1 aliphatic heterocycles. The topological polar surface area (TPSA) is 66.0 Å². The van der Waals surface area contributed by atoms with Gasteiger partial charge in [-0.25, -0.2) is 0 Å². The van der Waals surface area contributed by atoms with Crippen LogP contribution in [0.5, 0.6) is 0 Å². The number of carbonyl (C=O) groups excluding carboxylic acids is 1. The van der Waals surface area contributed by atoms with Crippen LogP contribution in [0.1, 0.15) is 18.9 Å². The number of rotatable bonds is 6. The van der Waals surface area contributed by atoms with Gasteiger partial charge in [0, 0.05) is 38.9 Å². The first kappa shape index (κ1) is 21.7. The fourth-order valence-corrected chi connectivity index (χ4v) is 2.82. The van der Waals surface area contributed by atoms with Crippen LogP contribution in [0, 0.1) is 5.92 Å². The number of benzene rings is 1. The van der Waals surface area contributed by atoms with Gasteiger partial charge in [0.05, 0.1) is 13.2 Å². The Morgan fingerprint density at radius 1 is 1.44 bits per heavy atom. The minimum atomic E-state index is -0.0815. The number of aryl methyl sites for hydroxylation is 1. The van der Waals surface area contributed by atoms with E-state index in [9.17, 15) is 4.79 Å². The first-order chi connectivity index (χ1) is 11.6. The number of nitrogens with zero attached hydrogens (tertiary/aromatic N) is 2. The van der Waals surface area contributed by atoms with Crippen molar-refractivity contribution in [3.05, 3.63) is 29.8 Å². The predicted molar refractivity (Wildman–Crippen MR) is 113 cm³/mol. The number of carbonyl (C=O) groups is 1. The van der Waals surface area contributed by atoms with Crippen molar-refractivity contribution in [1.82, 2.24) is 10.2 Å². The molecule has 140 valence electrons. The molecule has 1 aromatic carbocycles. The van der Waals surface area contributed by atoms with Gasteiger partial charge in [0.2, 0.25) is 5.91 Å². The van der Waals surface area contributed by atoms with Gasteiger partial charge in [-0.3, -0.25) is 9.79 Å². The van der Waals surface area contributed by atoms with Gasteiger partial charge >= 0.3 is 0 Å². The highest BCUT2D eigenvalue weighted by Crippen LogP contribution is 2.13. The Morgan fingerprint density at radius 3 is 2.88 bits per heavy atom. The number of amides is 1. The molecule has 0 spiro atoms. The first-order valence-corrected chi connectivity index (χ1v) is 8.50. The molecule has 6 nitrogen and oxygen atoms in total. The van der Waals surface area contributed by atoms with Crippen LogP contribution in [0.15, 0.2) is 29.3 Å².